The van der Waals surface area contributed by atoms with Crippen LogP contribution in [-0.4, -0.2) is 50.3 Å². The lowest BCUT2D eigenvalue weighted by Gasteiger charge is -2.31. The summed E-state index contributed by atoms with van der Waals surface area (Å²) in [6, 6.07) is 10.2. The van der Waals surface area contributed by atoms with Crippen molar-refractivity contribution in [3.8, 4) is 11.5 Å². The minimum absolute atomic E-state index is 0.121. The van der Waals surface area contributed by atoms with E-state index in [0.717, 1.165) is 5.75 Å². The molecule has 2 heterocycles. The summed E-state index contributed by atoms with van der Waals surface area (Å²) in [6.45, 7) is 6.26. The van der Waals surface area contributed by atoms with Gasteiger partial charge in [-0.15, -0.1) is 0 Å². The molecule has 1 atom stereocenters. The average molecular weight is 488 g/mol. The highest BCUT2D eigenvalue weighted by molar-refractivity contribution is 7.89. The van der Waals surface area contributed by atoms with Gasteiger partial charge in [-0.25, -0.2) is 8.42 Å². The van der Waals surface area contributed by atoms with Crippen molar-refractivity contribution < 1.29 is 27.5 Å². The summed E-state index contributed by atoms with van der Waals surface area (Å²) in [5, 5.41) is 5.64. The summed E-state index contributed by atoms with van der Waals surface area (Å²) in [7, 11) is -3.78. The predicted molar refractivity (Wildman–Crippen MR) is 128 cm³/mol. The van der Waals surface area contributed by atoms with Crippen LogP contribution in [0.4, 0.5) is 11.4 Å². The van der Waals surface area contributed by atoms with Gasteiger partial charge in [0.05, 0.1) is 17.2 Å². The molecule has 0 radical (unpaired) electrons. The van der Waals surface area contributed by atoms with Crippen LogP contribution in [0.2, 0.25) is 0 Å². The van der Waals surface area contributed by atoms with Crippen molar-refractivity contribution in [3.05, 3.63) is 42.0 Å². The number of hydrogen-bond donors (Lipinski definition) is 2. The number of ether oxygens (including phenoxy) is 2. The van der Waals surface area contributed by atoms with Crippen molar-refractivity contribution in [2.75, 3.05) is 30.3 Å². The third-order valence-electron chi connectivity index (χ3n) is 6.08. The first-order chi connectivity index (χ1) is 16.2. The Hall–Kier alpha value is -3.11. The van der Waals surface area contributed by atoms with Gasteiger partial charge in [-0.2, -0.15) is 4.31 Å². The highest BCUT2D eigenvalue weighted by Gasteiger charge is 2.34. The number of sulfonamides is 1. The number of benzene rings is 2. The largest absolute Gasteiger partial charge is 0.494 e. The minimum atomic E-state index is -3.78. The molecule has 2 N–H and O–H groups in total. The Morgan fingerprint density at radius 1 is 1.21 bits per heavy atom. The van der Waals surface area contributed by atoms with Gasteiger partial charge in [-0.1, -0.05) is 0 Å². The van der Waals surface area contributed by atoms with Gasteiger partial charge < -0.3 is 20.1 Å². The number of aryl methyl sites for hydroxylation is 1. The first kappa shape index (κ1) is 24.0. The van der Waals surface area contributed by atoms with Crippen LogP contribution in [0.1, 0.15) is 32.3 Å². The van der Waals surface area contributed by atoms with E-state index in [0.29, 0.717) is 42.1 Å². The van der Waals surface area contributed by atoms with Crippen LogP contribution < -0.4 is 20.1 Å². The van der Waals surface area contributed by atoms with E-state index < -0.39 is 16.1 Å². The zero-order valence-electron chi connectivity index (χ0n) is 19.5. The molecule has 182 valence electrons. The number of fused-ring (bicyclic) bond motifs is 1. The molecule has 0 spiro atoms. The Bertz CT molecular complexity index is 1190. The zero-order chi connectivity index (χ0) is 24.5. The SMILES string of the molecule is CCOc1ccc(NC(=O)C2CCN(S(=O)(=O)c3cc4c(cc3C)NC(=O)[C@H](C)O4)CC2)cc1. The lowest BCUT2D eigenvalue weighted by molar-refractivity contribution is -0.123. The van der Waals surface area contributed by atoms with Crippen molar-refractivity contribution in [1.29, 1.82) is 0 Å². The molecule has 10 heteroatoms. The summed E-state index contributed by atoms with van der Waals surface area (Å²) in [6.07, 6.45) is 0.154. The van der Waals surface area contributed by atoms with Crippen LogP contribution >= 0.6 is 0 Å². The second-order valence-electron chi connectivity index (χ2n) is 8.49. The zero-order valence-corrected chi connectivity index (χ0v) is 20.3. The first-order valence-corrected chi connectivity index (χ1v) is 12.8. The quantitative estimate of drug-likeness (QED) is 0.647. The summed E-state index contributed by atoms with van der Waals surface area (Å²) in [5.74, 6) is 0.402. The van der Waals surface area contributed by atoms with Crippen LogP contribution in [0.3, 0.4) is 0 Å². The van der Waals surface area contributed by atoms with Gasteiger partial charge in [0.2, 0.25) is 15.9 Å². The number of carbonyl (C=O) groups excluding carboxylic acids is 2. The standard InChI is InChI=1S/C24H29N3O6S/c1-4-32-19-7-5-18(6-8-19)25-24(29)17-9-11-27(12-10-17)34(30,31)22-14-21-20(13-15(22)2)26-23(28)16(3)33-21/h5-8,13-14,16-17H,4,9-12H2,1-3H3,(H,25,29)(H,26,28)/t16-/m0/s1. The number of nitrogens with one attached hydrogen (secondary N) is 2. The highest BCUT2D eigenvalue weighted by atomic mass is 32.2. The fraction of sp³-hybridized carbons (Fsp3) is 0.417. The molecule has 4 rings (SSSR count). The van der Waals surface area contributed by atoms with E-state index in [-0.39, 0.29) is 35.7 Å². The lowest BCUT2D eigenvalue weighted by atomic mass is 9.97. The number of piperidine rings is 1. The van der Waals surface area contributed by atoms with Crippen LogP contribution in [0, 0.1) is 12.8 Å². The molecule has 9 nitrogen and oxygen atoms in total. The fourth-order valence-corrected chi connectivity index (χ4v) is 5.86. The van der Waals surface area contributed by atoms with Gasteiger partial charge >= 0.3 is 0 Å². The van der Waals surface area contributed by atoms with Gasteiger partial charge in [-0.3, -0.25) is 9.59 Å². The molecular weight excluding hydrogens is 458 g/mol. The van der Waals surface area contributed by atoms with Gasteiger partial charge in [0.1, 0.15) is 11.5 Å². The van der Waals surface area contributed by atoms with Crippen LogP contribution in [0.5, 0.6) is 11.5 Å². The number of amides is 2. The number of nitrogens with zero attached hydrogens (tertiary/aromatic N) is 1. The normalized spacial score (nSPS) is 19.0. The number of carbonyl (C=O) groups is 2. The van der Waals surface area contributed by atoms with Crippen molar-refractivity contribution >= 4 is 33.2 Å². The molecule has 0 aliphatic carbocycles. The number of anilines is 2. The average Bonchev–Trinajstić information content (AvgIpc) is 2.81. The van der Waals surface area contributed by atoms with Crippen LogP contribution in [0.15, 0.2) is 41.3 Å². The van der Waals surface area contributed by atoms with E-state index in [2.05, 4.69) is 10.6 Å². The van der Waals surface area contributed by atoms with Crippen molar-refractivity contribution in [2.45, 2.75) is 44.6 Å². The molecule has 34 heavy (non-hydrogen) atoms. The van der Waals surface area contributed by atoms with E-state index >= 15 is 0 Å². The van der Waals surface area contributed by atoms with Gasteiger partial charge in [0, 0.05) is 30.8 Å². The Balaban J connectivity index is 1.41. The van der Waals surface area contributed by atoms with Gasteiger partial charge in [-0.05, 0) is 69.5 Å². The van der Waals surface area contributed by atoms with E-state index in [1.54, 1.807) is 44.2 Å². The van der Waals surface area contributed by atoms with Crippen LogP contribution in [-0.2, 0) is 19.6 Å². The smallest absolute Gasteiger partial charge is 0.265 e. The third-order valence-corrected chi connectivity index (χ3v) is 8.12. The molecule has 0 unspecified atom stereocenters. The molecule has 2 aliphatic heterocycles. The molecule has 0 aromatic heterocycles. The van der Waals surface area contributed by atoms with E-state index in [1.165, 1.54) is 10.4 Å². The maximum absolute atomic E-state index is 13.4. The van der Waals surface area contributed by atoms with Crippen molar-refractivity contribution in [2.24, 2.45) is 5.92 Å². The fourth-order valence-electron chi connectivity index (χ4n) is 4.16. The Kier molecular flexibility index (Phi) is 6.81. The number of hydrogen-bond acceptors (Lipinski definition) is 6. The summed E-state index contributed by atoms with van der Waals surface area (Å²) in [4.78, 5) is 24.7. The Morgan fingerprint density at radius 3 is 2.53 bits per heavy atom. The molecule has 1 fully saturated rings. The second-order valence-corrected chi connectivity index (χ2v) is 10.4. The van der Waals surface area contributed by atoms with Crippen LogP contribution in [0.25, 0.3) is 0 Å². The molecule has 2 amide bonds. The lowest BCUT2D eigenvalue weighted by Crippen LogP contribution is -2.41. The summed E-state index contributed by atoms with van der Waals surface area (Å²) >= 11 is 0. The summed E-state index contributed by atoms with van der Waals surface area (Å²) < 4.78 is 39.1. The van der Waals surface area contributed by atoms with E-state index in [1.807, 2.05) is 6.92 Å². The monoisotopic (exact) mass is 487 g/mol. The third kappa shape index (κ3) is 4.88. The highest BCUT2D eigenvalue weighted by Crippen LogP contribution is 2.36. The molecule has 2 aromatic rings. The molecule has 1 saturated heterocycles. The molecule has 2 aliphatic rings. The predicted octanol–water partition coefficient (Wildman–Crippen LogP) is 3.15. The minimum Gasteiger partial charge on any atom is -0.494 e. The van der Waals surface area contributed by atoms with Crippen molar-refractivity contribution in [1.82, 2.24) is 4.31 Å². The summed E-state index contributed by atoms with van der Waals surface area (Å²) in [5.41, 5.74) is 1.66. The molecule has 0 bridgehead atoms. The maximum Gasteiger partial charge on any atom is 0.265 e. The number of rotatable bonds is 6. The van der Waals surface area contributed by atoms with E-state index in [9.17, 15) is 18.0 Å². The maximum atomic E-state index is 13.4. The molecular formula is C24H29N3O6S. The Labute approximate surface area is 199 Å². The van der Waals surface area contributed by atoms with E-state index in [4.69, 9.17) is 9.47 Å². The van der Waals surface area contributed by atoms with Gasteiger partial charge in [0.15, 0.2) is 6.10 Å². The first-order valence-electron chi connectivity index (χ1n) is 11.3. The van der Waals surface area contributed by atoms with Gasteiger partial charge in [0.25, 0.3) is 5.91 Å². The molecule has 2 aromatic carbocycles. The van der Waals surface area contributed by atoms with Crippen molar-refractivity contribution in [3.63, 3.8) is 0 Å². The Morgan fingerprint density at radius 2 is 1.88 bits per heavy atom. The topological polar surface area (TPSA) is 114 Å². The molecule has 0 saturated carbocycles. The second kappa shape index (κ2) is 9.63.